The highest BCUT2D eigenvalue weighted by molar-refractivity contribution is 5.50. The molecule has 0 spiro atoms. The molecule has 2 aromatic heterocycles. The number of aromatic nitrogens is 1. The summed E-state index contributed by atoms with van der Waals surface area (Å²) < 4.78 is 10.0. The van der Waals surface area contributed by atoms with Gasteiger partial charge in [0.05, 0.1) is 13.2 Å². The highest BCUT2D eigenvalue weighted by Crippen LogP contribution is 2.10. The molecule has 4 heteroatoms. The summed E-state index contributed by atoms with van der Waals surface area (Å²) in [5.74, 6) is 0.921. The number of allylic oxidation sites excluding steroid dienone is 6. The van der Waals surface area contributed by atoms with Gasteiger partial charge >= 0.3 is 5.63 Å². The summed E-state index contributed by atoms with van der Waals surface area (Å²) in [5, 5.41) is 0. The van der Waals surface area contributed by atoms with E-state index in [1.54, 1.807) is 30.6 Å². The van der Waals surface area contributed by atoms with Gasteiger partial charge in [0.25, 0.3) is 0 Å². The molecule has 0 N–H and O–H groups in total. The molecule has 2 heterocycles. The monoisotopic (exact) mass is 307 g/mol. The minimum absolute atomic E-state index is 0.437. The molecule has 0 saturated heterocycles. The molecule has 0 bridgehead atoms. The Kier molecular flexibility index (Phi) is 6.35. The first-order chi connectivity index (χ1) is 11.3. The maximum absolute atomic E-state index is 11.3. The summed E-state index contributed by atoms with van der Waals surface area (Å²) in [7, 11) is 1.51. The van der Waals surface area contributed by atoms with Gasteiger partial charge in [0.15, 0.2) is 0 Å². The Morgan fingerprint density at radius 1 is 1.04 bits per heavy atom. The van der Waals surface area contributed by atoms with E-state index in [9.17, 15) is 4.79 Å². The molecule has 0 atom stereocenters. The fourth-order valence-electron chi connectivity index (χ4n) is 1.72. The number of methoxy groups -OCH3 is 1. The lowest BCUT2D eigenvalue weighted by molar-refractivity contribution is 0.400. The summed E-state index contributed by atoms with van der Waals surface area (Å²) in [6, 6.07) is 6.82. The van der Waals surface area contributed by atoms with Crippen LogP contribution in [-0.4, -0.2) is 12.1 Å². The number of nitrogens with zero attached hydrogens (tertiary/aromatic N) is 1. The predicted octanol–water partition coefficient (Wildman–Crippen LogP) is 3.88. The first-order valence-electron chi connectivity index (χ1n) is 7.05. The van der Waals surface area contributed by atoms with E-state index in [-0.39, 0.29) is 0 Å². The molecule has 2 rings (SSSR count). The topological polar surface area (TPSA) is 52.3 Å². The maximum atomic E-state index is 11.3. The number of hydrogen-bond acceptors (Lipinski definition) is 4. The zero-order valence-electron chi connectivity index (χ0n) is 12.8. The maximum Gasteiger partial charge on any atom is 0.339 e. The summed E-state index contributed by atoms with van der Waals surface area (Å²) in [6.07, 6.45) is 18.5. The van der Waals surface area contributed by atoms with Crippen molar-refractivity contribution in [1.82, 2.24) is 4.98 Å². The largest absolute Gasteiger partial charge is 0.496 e. The molecule has 23 heavy (non-hydrogen) atoms. The number of ether oxygens (including phenoxy) is 1. The van der Waals surface area contributed by atoms with E-state index in [1.165, 1.54) is 13.2 Å². The lowest BCUT2D eigenvalue weighted by Gasteiger charge is -1.97. The van der Waals surface area contributed by atoms with Gasteiger partial charge in [-0.3, -0.25) is 4.98 Å². The third-order valence-corrected chi connectivity index (χ3v) is 2.79. The van der Waals surface area contributed by atoms with Crippen LogP contribution in [0.25, 0.3) is 12.2 Å². The summed E-state index contributed by atoms with van der Waals surface area (Å²) in [4.78, 5) is 15.3. The molecule has 0 aliphatic carbocycles. The van der Waals surface area contributed by atoms with Crippen LogP contribution in [0.15, 0.2) is 82.3 Å². The zero-order chi connectivity index (χ0) is 16.3. The van der Waals surface area contributed by atoms with E-state index in [4.69, 9.17) is 9.15 Å². The van der Waals surface area contributed by atoms with Gasteiger partial charge in [-0.05, 0) is 17.7 Å². The predicted molar refractivity (Wildman–Crippen MR) is 92.1 cm³/mol. The van der Waals surface area contributed by atoms with Gasteiger partial charge < -0.3 is 9.15 Å². The van der Waals surface area contributed by atoms with Gasteiger partial charge in [-0.25, -0.2) is 4.79 Å². The van der Waals surface area contributed by atoms with Crippen LogP contribution in [-0.2, 0) is 0 Å². The normalized spacial score (nSPS) is 12.0. The molecular weight excluding hydrogens is 290 g/mol. The Labute approximate surface area is 134 Å². The van der Waals surface area contributed by atoms with Gasteiger partial charge in [-0.15, -0.1) is 0 Å². The second-order valence-electron chi connectivity index (χ2n) is 4.49. The van der Waals surface area contributed by atoms with Gasteiger partial charge in [0.2, 0.25) is 0 Å². The highest BCUT2D eigenvalue weighted by Gasteiger charge is 1.97. The number of hydrogen-bond donors (Lipinski definition) is 0. The Bertz CT molecular complexity index is 784. The summed E-state index contributed by atoms with van der Waals surface area (Å²) in [5.41, 5.74) is 0.613. The van der Waals surface area contributed by atoms with Gasteiger partial charge in [0, 0.05) is 18.5 Å². The van der Waals surface area contributed by atoms with Gasteiger partial charge in [-0.2, -0.15) is 0 Å². The molecule has 0 radical (unpaired) electrons. The molecule has 4 nitrogen and oxygen atoms in total. The van der Waals surface area contributed by atoms with Crippen molar-refractivity contribution in [3.05, 3.63) is 94.9 Å². The zero-order valence-corrected chi connectivity index (χ0v) is 12.8. The number of pyridine rings is 1. The highest BCUT2D eigenvalue weighted by atomic mass is 16.5. The molecule has 0 amide bonds. The van der Waals surface area contributed by atoms with Crippen LogP contribution in [0.5, 0.6) is 5.75 Å². The van der Waals surface area contributed by atoms with Crippen LogP contribution >= 0.6 is 0 Å². The van der Waals surface area contributed by atoms with E-state index in [0.717, 1.165) is 5.56 Å². The van der Waals surface area contributed by atoms with Crippen LogP contribution in [0.3, 0.4) is 0 Å². The van der Waals surface area contributed by atoms with E-state index in [2.05, 4.69) is 4.98 Å². The minimum atomic E-state index is -0.437. The van der Waals surface area contributed by atoms with E-state index in [0.29, 0.717) is 11.5 Å². The molecule has 0 unspecified atom stereocenters. The molecule has 0 aliphatic rings. The van der Waals surface area contributed by atoms with E-state index < -0.39 is 5.63 Å². The van der Waals surface area contributed by atoms with E-state index in [1.807, 2.05) is 48.6 Å². The molecule has 116 valence electrons. The third kappa shape index (κ3) is 6.01. The molecule has 0 fully saturated rings. The van der Waals surface area contributed by atoms with E-state index >= 15 is 0 Å². The smallest absolute Gasteiger partial charge is 0.339 e. The quantitative estimate of drug-likeness (QED) is 0.760. The average molecular weight is 307 g/mol. The third-order valence-electron chi connectivity index (χ3n) is 2.79. The average Bonchev–Trinajstić information content (AvgIpc) is 2.57. The standard InChI is InChI=1S/C19H17NO3/c1-22-18-13-17(23-19(21)14-18)11-7-5-3-2-4-6-9-16-10-8-12-20-15-16/h2-15H,1H3/b4-2+,5-3+,9-6+,11-7+. The Hall–Kier alpha value is -3.14. The van der Waals surface area contributed by atoms with Crippen LogP contribution in [0.4, 0.5) is 0 Å². The second kappa shape index (κ2) is 9.00. The first kappa shape index (κ1) is 16.2. The van der Waals surface area contributed by atoms with Crippen LogP contribution in [0, 0.1) is 0 Å². The molecular formula is C19H17NO3. The van der Waals surface area contributed by atoms with Gasteiger partial charge in [-0.1, -0.05) is 48.6 Å². The lowest BCUT2D eigenvalue weighted by Crippen LogP contribution is -1.98. The van der Waals surface area contributed by atoms with Crippen molar-refractivity contribution in [3.8, 4) is 5.75 Å². The molecule has 0 saturated carbocycles. The summed E-state index contributed by atoms with van der Waals surface area (Å²) in [6.45, 7) is 0. The molecule has 2 aromatic rings. The molecule has 0 aliphatic heterocycles. The van der Waals surface area contributed by atoms with Crippen molar-refractivity contribution in [3.63, 3.8) is 0 Å². The van der Waals surface area contributed by atoms with Crippen LogP contribution in [0.2, 0.25) is 0 Å². The lowest BCUT2D eigenvalue weighted by atomic mass is 10.2. The summed E-state index contributed by atoms with van der Waals surface area (Å²) >= 11 is 0. The van der Waals surface area contributed by atoms with Gasteiger partial charge in [0.1, 0.15) is 11.5 Å². The first-order valence-corrected chi connectivity index (χ1v) is 7.05. The Morgan fingerprint density at radius 3 is 2.48 bits per heavy atom. The number of rotatable bonds is 6. The SMILES string of the molecule is COc1cc(/C=C/C=C/C=C/C=C/c2cccnc2)oc(=O)c1. The fourth-order valence-corrected chi connectivity index (χ4v) is 1.72. The van der Waals surface area contributed by atoms with Crippen molar-refractivity contribution in [2.24, 2.45) is 0 Å². The second-order valence-corrected chi connectivity index (χ2v) is 4.49. The fraction of sp³-hybridized carbons (Fsp3) is 0.0526. The van der Waals surface area contributed by atoms with Crippen molar-refractivity contribution < 1.29 is 9.15 Å². The minimum Gasteiger partial charge on any atom is -0.496 e. The van der Waals surface area contributed by atoms with Crippen molar-refractivity contribution in [1.29, 1.82) is 0 Å². The Balaban J connectivity index is 1.87. The van der Waals surface area contributed by atoms with Crippen molar-refractivity contribution in [2.75, 3.05) is 7.11 Å². The van der Waals surface area contributed by atoms with Crippen LogP contribution in [0.1, 0.15) is 11.3 Å². The van der Waals surface area contributed by atoms with Crippen molar-refractivity contribution in [2.45, 2.75) is 0 Å². The van der Waals surface area contributed by atoms with Crippen LogP contribution < -0.4 is 10.4 Å². The molecule has 0 aromatic carbocycles. The van der Waals surface area contributed by atoms with Crippen molar-refractivity contribution >= 4 is 12.2 Å². The Morgan fingerprint density at radius 2 is 1.78 bits per heavy atom.